The number of rotatable bonds is 3. The third-order valence-electron chi connectivity index (χ3n) is 3.24. The number of imide groups is 1. The first-order valence-electron chi connectivity index (χ1n) is 6.75. The number of nitrogens with two attached hydrogens (primary N) is 1. The molecule has 8 heteroatoms. The Kier molecular flexibility index (Phi) is 4.84. The number of carbonyl (C=O) groups excluding carboxylic acids is 3. The van der Waals surface area contributed by atoms with E-state index in [-0.39, 0.29) is 19.0 Å². The van der Waals surface area contributed by atoms with Crippen molar-refractivity contribution in [3.8, 4) is 0 Å². The Hall–Kier alpha value is -2.74. The number of amides is 3. The van der Waals surface area contributed by atoms with Gasteiger partial charge in [0.15, 0.2) is 5.96 Å². The van der Waals surface area contributed by atoms with E-state index in [9.17, 15) is 14.4 Å². The molecule has 1 fully saturated rings. The number of hydrogen-bond acceptors (Lipinski definition) is 5. The van der Waals surface area contributed by atoms with E-state index < -0.39 is 24.3 Å². The lowest BCUT2D eigenvalue weighted by Gasteiger charge is -2.28. The Morgan fingerprint density at radius 1 is 1.32 bits per heavy atom. The second-order valence-corrected chi connectivity index (χ2v) is 4.76. The highest BCUT2D eigenvalue weighted by molar-refractivity contribution is 6.08. The van der Waals surface area contributed by atoms with Crippen molar-refractivity contribution in [1.29, 1.82) is 5.41 Å². The van der Waals surface area contributed by atoms with Crippen molar-refractivity contribution in [1.82, 2.24) is 15.1 Å². The van der Waals surface area contributed by atoms with E-state index in [1.165, 1.54) is 0 Å². The van der Waals surface area contributed by atoms with Crippen LogP contribution in [0.15, 0.2) is 30.3 Å². The fourth-order valence-corrected chi connectivity index (χ4v) is 2.09. The summed E-state index contributed by atoms with van der Waals surface area (Å²) in [7, 11) is 0. The van der Waals surface area contributed by atoms with Crippen LogP contribution in [0.5, 0.6) is 0 Å². The number of carbonyl (C=O) groups is 3. The van der Waals surface area contributed by atoms with Gasteiger partial charge in [0.05, 0.1) is 6.54 Å². The molecular formula is C14H17N5O3. The van der Waals surface area contributed by atoms with Crippen LogP contribution in [0, 0.1) is 5.41 Å². The van der Waals surface area contributed by atoms with Crippen LogP contribution in [0.1, 0.15) is 10.4 Å². The maximum Gasteiger partial charge on any atom is 0.261 e. The molecule has 22 heavy (non-hydrogen) atoms. The molecule has 116 valence electrons. The summed E-state index contributed by atoms with van der Waals surface area (Å²) >= 11 is 0. The van der Waals surface area contributed by atoms with E-state index in [2.05, 4.69) is 5.32 Å². The third-order valence-corrected chi connectivity index (χ3v) is 3.24. The molecule has 0 radical (unpaired) electrons. The largest absolute Gasteiger partial charge is 0.370 e. The normalized spacial score (nSPS) is 14.5. The molecule has 1 aromatic rings. The van der Waals surface area contributed by atoms with E-state index in [1.54, 1.807) is 30.3 Å². The number of nitrogens with zero attached hydrogens (tertiary/aromatic N) is 2. The van der Waals surface area contributed by atoms with Crippen molar-refractivity contribution in [3.05, 3.63) is 35.9 Å². The summed E-state index contributed by atoms with van der Waals surface area (Å²) in [4.78, 5) is 38.1. The molecule has 0 spiro atoms. The van der Waals surface area contributed by atoms with Gasteiger partial charge in [-0.05, 0) is 12.1 Å². The average Bonchev–Trinajstić information content (AvgIpc) is 2.52. The molecule has 0 atom stereocenters. The minimum Gasteiger partial charge on any atom is -0.370 e. The lowest BCUT2D eigenvalue weighted by molar-refractivity contribution is -0.145. The van der Waals surface area contributed by atoms with Crippen LogP contribution in [0.4, 0.5) is 0 Å². The first-order valence-corrected chi connectivity index (χ1v) is 6.75. The average molecular weight is 303 g/mol. The van der Waals surface area contributed by atoms with Gasteiger partial charge >= 0.3 is 0 Å². The number of hydrogen-bond donors (Lipinski definition) is 3. The molecule has 8 nitrogen and oxygen atoms in total. The van der Waals surface area contributed by atoms with Gasteiger partial charge in [-0.2, -0.15) is 0 Å². The molecule has 0 aliphatic carbocycles. The topological polar surface area (TPSA) is 120 Å². The molecule has 1 heterocycles. The summed E-state index contributed by atoms with van der Waals surface area (Å²) in [5.41, 5.74) is 5.72. The van der Waals surface area contributed by atoms with Gasteiger partial charge in [-0.15, -0.1) is 0 Å². The van der Waals surface area contributed by atoms with Crippen molar-refractivity contribution in [2.45, 2.75) is 0 Å². The van der Waals surface area contributed by atoms with Gasteiger partial charge in [-0.1, -0.05) is 18.2 Å². The number of nitrogens with one attached hydrogen (secondary N) is 2. The fraction of sp³-hybridized carbons (Fsp3) is 0.286. The summed E-state index contributed by atoms with van der Waals surface area (Å²) < 4.78 is 0. The molecule has 0 aromatic heterocycles. The first-order chi connectivity index (χ1) is 10.5. The SMILES string of the molecule is N=C(N)N(CC(=O)N1CCNCC1=O)C(=O)c1ccccc1. The summed E-state index contributed by atoms with van der Waals surface area (Å²) in [5.74, 6) is -1.99. The highest BCUT2D eigenvalue weighted by Gasteiger charge is 2.28. The second kappa shape index (κ2) is 6.81. The highest BCUT2D eigenvalue weighted by atomic mass is 16.2. The third kappa shape index (κ3) is 3.47. The number of guanidine groups is 1. The Bertz CT molecular complexity index is 602. The molecule has 1 aromatic carbocycles. The Labute approximate surface area is 127 Å². The molecule has 4 N–H and O–H groups in total. The molecule has 3 amide bonds. The zero-order valence-electron chi connectivity index (χ0n) is 11.9. The second-order valence-electron chi connectivity index (χ2n) is 4.76. The molecule has 0 bridgehead atoms. The number of piperazine rings is 1. The van der Waals surface area contributed by atoms with Gasteiger partial charge in [0.2, 0.25) is 11.8 Å². The maximum atomic E-state index is 12.3. The van der Waals surface area contributed by atoms with Crippen LogP contribution < -0.4 is 11.1 Å². The van der Waals surface area contributed by atoms with Gasteiger partial charge < -0.3 is 11.1 Å². The van der Waals surface area contributed by atoms with Crippen molar-refractivity contribution in [3.63, 3.8) is 0 Å². The molecular weight excluding hydrogens is 286 g/mol. The summed E-state index contributed by atoms with van der Waals surface area (Å²) in [6, 6.07) is 8.23. The van der Waals surface area contributed by atoms with E-state index in [0.29, 0.717) is 12.1 Å². The fourth-order valence-electron chi connectivity index (χ4n) is 2.09. The van der Waals surface area contributed by atoms with Crippen LogP contribution in [0.3, 0.4) is 0 Å². The summed E-state index contributed by atoms with van der Waals surface area (Å²) in [6.07, 6.45) is 0. The van der Waals surface area contributed by atoms with Crippen LogP contribution in [-0.4, -0.2) is 59.7 Å². The van der Waals surface area contributed by atoms with Crippen LogP contribution in [-0.2, 0) is 9.59 Å². The van der Waals surface area contributed by atoms with Gasteiger partial charge in [0.25, 0.3) is 5.91 Å². The Balaban J connectivity index is 2.12. The minimum absolute atomic E-state index is 0.0818. The predicted octanol–water partition coefficient (Wildman–Crippen LogP) is -1.02. The predicted molar refractivity (Wildman–Crippen MR) is 79.0 cm³/mol. The molecule has 0 unspecified atom stereocenters. The summed E-state index contributed by atoms with van der Waals surface area (Å²) in [5, 5.41) is 10.4. The van der Waals surface area contributed by atoms with Crippen molar-refractivity contribution >= 4 is 23.7 Å². The summed E-state index contributed by atoms with van der Waals surface area (Å²) in [6.45, 7) is 0.389. The van der Waals surface area contributed by atoms with Crippen molar-refractivity contribution in [2.24, 2.45) is 5.73 Å². The molecule has 2 rings (SSSR count). The van der Waals surface area contributed by atoms with Crippen LogP contribution >= 0.6 is 0 Å². The van der Waals surface area contributed by atoms with E-state index in [1.807, 2.05) is 0 Å². The van der Waals surface area contributed by atoms with Crippen molar-refractivity contribution in [2.75, 3.05) is 26.2 Å². The van der Waals surface area contributed by atoms with E-state index >= 15 is 0 Å². The maximum absolute atomic E-state index is 12.3. The zero-order valence-corrected chi connectivity index (χ0v) is 11.9. The molecule has 1 aliphatic heterocycles. The first kappa shape index (κ1) is 15.6. The van der Waals surface area contributed by atoms with Gasteiger partial charge in [-0.25, -0.2) is 0 Å². The molecule has 0 saturated carbocycles. The van der Waals surface area contributed by atoms with Gasteiger partial charge in [-0.3, -0.25) is 29.6 Å². The van der Waals surface area contributed by atoms with Crippen LogP contribution in [0.2, 0.25) is 0 Å². The lowest BCUT2D eigenvalue weighted by atomic mass is 10.2. The molecule has 1 aliphatic rings. The van der Waals surface area contributed by atoms with Crippen molar-refractivity contribution < 1.29 is 14.4 Å². The highest BCUT2D eigenvalue weighted by Crippen LogP contribution is 2.06. The Morgan fingerprint density at radius 2 is 2.00 bits per heavy atom. The Morgan fingerprint density at radius 3 is 2.59 bits per heavy atom. The standard InChI is InChI=1S/C14H17N5O3/c15-14(16)19(13(22)10-4-2-1-3-5-10)9-12(21)18-7-6-17-8-11(18)20/h1-5,17H,6-9H2,(H3,15,16). The van der Waals surface area contributed by atoms with E-state index in [4.69, 9.17) is 11.1 Å². The molecule has 1 saturated heterocycles. The smallest absolute Gasteiger partial charge is 0.261 e. The minimum atomic E-state index is -0.552. The lowest BCUT2D eigenvalue weighted by Crippen LogP contribution is -2.55. The monoisotopic (exact) mass is 303 g/mol. The van der Waals surface area contributed by atoms with Gasteiger partial charge in [0, 0.05) is 18.7 Å². The van der Waals surface area contributed by atoms with E-state index in [0.717, 1.165) is 9.80 Å². The number of benzene rings is 1. The van der Waals surface area contributed by atoms with Gasteiger partial charge in [0.1, 0.15) is 6.54 Å². The quantitative estimate of drug-likeness (QED) is 0.488. The van der Waals surface area contributed by atoms with Crippen LogP contribution in [0.25, 0.3) is 0 Å². The zero-order chi connectivity index (χ0) is 16.1.